The van der Waals surface area contributed by atoms with Crippen LogP contribution in [0.1, 0.15) is 25.7 Å². The third-order valence-electron chi connectivity index (χ3n) is 1.94. The summed E-state index contributed by atoms with van der Waals surface area (Å²) in [5, 5.41) is 0. The standard InChI is InChI=1S/C6H12FN.ClH/c7-5-4-6(8)2-1-3-6;/h1-5,8H2;1H. The van der Waals surface area contributed by atoms with Crippen LogP contribution in [0.4, 0.5) is 4.39 Å². The molecule has 0 aromatic heterocycles. The van der Waals surface area contributed by atoms with E-state index in [0.717, 1.165) is 12.8 Å². The molecule has 1 nitrogen and oxygen atoms in total. The van der Waals surface area contributed by atoms with Gasteiger partial charge in [-0.05, 0) is 25.7 Å². The second kappa shape index (κ2) is 3.37. The normalized spacial score (nSPS) is 22.0. The van der Waals surface area contributed by atoms with E-state index < -0.39 is 0 Å². The highest BCUT2D eigenvalue weighted by molar-refractivity contribution is 5.85. The van der Waals surface area contributed by atoms with Gasteiger partial charge in [0.05, 0.1) is 6.67 Å². The molecule has 0 spiro atoms. The molecule has 1 rings (SSSR count). The van der Waals surface area contributed by atoms with Crippen LogP contribution >= 0.6 is 12.4 Å². The number of rotatable bonds is 2. The molecule has 1 aliphatic rings. The van der Waals surface area contributed by atoms with Crippen LogP contribution in [0, 0.1) is 0 Å². The summed E-state index contributed by atoms with van der Waals surface area (Å²) >= 11 is 0. The van der Waals surface area contributed by atoms with Crippen LogP contribution in [-0.4, -0.2) is 12.2 Å². The van der Waals surface area contributed by atoms with Gasteiger partial charge in [0.15, 0.2) is 0 Å². The van der Waals surface area contributed by atoms with E-state index in [0.29, 0.717) is 6.42 Å². The SMILES string of the molecule is Cl.NC1(CCF)CCC1. The Balaban J connectivity index is 0.000000640. The second-order valence-corrected chi connectivity index (χ2v) is 2.65. The lowest BCUT2D eigenvalue weighted by atomic mass is 9.76. The number of hydrogen-bond donors (Lipinski definition) is 1. The first-order chi connectivity index (χ1) is 3.77. The zero-order chi connectivity index (χ0) is 6.04. The molecule has 0 radical (unpaired) electrons. The fourth-order valence-electron chi connectivity index (χ4n) is 1.07. The van der Waals surface area contributed by atoms with Gasteiger partial charge < -0.3 is 5.73 Å². The quantitative estimate of drug-likeness (QED) is 0.642. The van der Waals surface area contributed by atoms with Crippen LogP contribution < -0.4 is 5.73 Å². The molecule has 0 aromatic rings. The topological polar surface area (TPSA) is 26.0 Å². The van der Waals surface area contributed by atoms with E-state index in [9.17, 15) is 4.39 Å². The van der Waals surface area contributed by atoms with E-state index in [1.807, 2.05) is 0 Å². The van der Waals surface area contributed by atoms with Gasteiger partial charge in [-0.25, -0.2) is 0 Å². The van der Waals surface area contributed by atoms with Gasteiger partial charge in [0.1, 0.15) is 0 Å². The Bertz CT molecular complexity index is 83.1. The molecule has 0 saturated heterocycles. The van der Waals surface area contributed by atoms with Crippen molar-refractivity contribution in [1.82, 2.24) is 0 Å². The van der Waals surface area contributed by atoms with Gasteiger partial charge in [-0.2, -0.15) is 0 Å². The summed E-state index contributed by atoms with van der Waals surface area (Å²) in [4.78, 5) is 0. The van der Waals surface area contributed by atoms with Crippen molar-refractivity contribution >= 4 is 12.4 Å². The van der Waals surface area contributed by atoms with E-state index in [4.69, 9.17) is 5.73 Å². The van der Waals surface area contributed by atoms with Crippen molar-refractivity contribution in [3.8, 4) is 0 Å². The first-order valence-corrected chi connectivity index (χ1v) is 3.12. The summed E-state index contributed by atoms with van der Waals surface area (Å²) < 4.78 is 11.6. The minimum Gasteiger partial charge on any atom is -0.325 e. The van der Waals surface area contributed by atoms with Crippen LogP contribution in [0.15, 0.2) is 0 Å². The predicted molar refractivity (Wildman–Crippen MR) is 38.6 cm³/mol. The molecular weight excluding hydrogens is 141 g/mol. The van der Waals surface area contributed by atoms with Crippen molar-refractivity contribution in [2.75, 3.05) is 6.67 Å². The Morgan fingerprint density at radius 2 is 2.00 bits per heavy atom. The average Bonchev–Trinajstić information content (AvgIpc) is 1.64. The summed E-state index contributed by atoms with van der Waals surface area (Å²) in [6, 6.07) is 0. The number of hydrogen-bond acceptors (Lipinski definition) is 1. The van der Waals surface area contributed by atoms with Gasteiger partial charge in [0.2, 0.25) is 0 Å². The summed E-state index contributed by atoms with van der Waals surface area (Å²) in [6.45, 7) is -0.253. The second-order valence-electron chi connectivity index (χ2n) is 2.65. The van der Waals surface area contributed by atoms with Gasteiger partial charge in [0.25, 0.3) is 0 Å². The van der Waals surface area contributed by atoms with Gasteiger partial charge >= 0.3 is 0 Å². The molecule has 0 bridgehead atoms. The van der Waals surface area contributed by atoms with Gasteiger partial charge in [-0.3, -0.25) is 4.39 Å². The largest absolute Gasteiger partial charge is 0.325 e. The highest BCUT2D eigenvalue weighted by Gasteiger charge is 2.31. The maximum absolute atomic E-state index is 11.6. The van der Waals surface area contributed by atoms with Gasteiger partial charge in [-0.15, -0.1) is 12.4 Å². The molecule has 56 valence electrons. The zero-order valence-corrected chi connectivity index (χ0v) is 6.22. The third-order valence-corrected chi connectivity index (χ3v) is 1.94. The van der Waals surface area contributed by atoms with E-state index in [1.165, 1.54) is 6.42 Å². The lowest BCUT2D eigenvalue weighted by molar-refractivity contribution is 0.211. The monoisotopic (exact) mass is 153 g/mol. The van der Waals surface area contributed by atoms with Crippen molar-refractivity contribution in [3.05, 3.63) is 0 Å². The van der Waals surface area contributed by atoms with Crippen molar-refractivity contribution in [2.45, 2.75) is 31.2 Å². The van der Waals surface area contributed by atoms with Crippen LogP contribution in [0.3, 0.4) is 0 Å². The lowest BCUT2D eigenvalue weighted by Crippen LogP contribution is -2.46. The molecule has 9 heavy (non-hydrogen) atoms. The number of halogens is 2. The van der Waals surface area contributed by atoms with E-state index in [2.05, 4.69) is 0 Å². The first kappa shape index (κ1) is 9.18. The van der Waals surface area contributed by atoms with Crippen LogP contribution in [0.2, 0.25) is 0 Å². The Morgan fingerprint density at radius 3 is 2.11 bits per heavy atom. The molecular formula is C6H13ClFN. The molecule has 1 aliphatic carbocycles. The zero-order valence-electron chi connectivity index (χ0n) is 5.40. The molecule has 0 aromatic carbocycles. The van der Waals surface area contributed by atoms with Crippen molar-refractivity contribution in [2.24, 2.45) is 5.73 Å². The van der Waals surface area contributed by atoms with Gasteiger partial charge in [-0.1, -0.05) is 0 Å². The van der Waals surface area contributed by atoms with Crippen LogP contribution in [0.25, 0.3) is 0 Å². The fraction of sp³-hybridized carbons (Fsp3) is 1.00. The molecule has 0 heterocycles. The molecule has 0 aliphatic heterocycles. The molecule has 0 unspecified atom stereocenters. The number of nitrogens with two attached hydrogens (primary N) is 1. The fourth-order valence-corrected chi connectivity index (χ4v) is 1.07. The average molecular weight is 154 g/mol. The molecule has 2 N–H and O–H groups in total. The summed E-state index contributed by atoms with van der Waals surface area (Å²) in [6.07, 6.45) is 3.80. The highest BCUT2D eigenvalue weighted by Crippen LogP contribution is 2.31. The smallest absolute Gasteiger partial charge is 0.0911 e. The Labute approximate surface area is 61.2 Å². The molecule has 1 fully saturated rings. The Morgan fingerprint density at radius 1 is 1.44 bits per heavy atom. The first-order valence-electron chi connectivity index (χ1n) is 3.12. The van der Waals surface area contributed by atoms with E-state index >= 15 is 0 Å². The maximum Gasteiger partial charge on any atom is 0.0911 e. The van der Waals surface area contributed by atoms with Crippen LogP contribution in [0.5, 0.6) is 0 Å². The Kier molecular flexibility index (Phi) is 3.44. The third kappa shape index (κ3) is 2.11. The van der Waals surface area contributed by atoms with E-state index in [1.54, 1.807) is 0 Å². The Hall–Kier alpha value is 0.180. The minimum absolute atomic E-state index is 0. The molecule has 0 atom stereocenters. The summed E-state index contributed by atoms with van der Waals surface area (Å²) in [5.41, 5.74) is 5.57. The lowest BCUT2D eigenvalue weighted by Gasteiger charge is -2.37. The van der Waals surface area contributed by atoms with Crippen molar-refractivity contribution in [1.29, 1.82) is 0 Å². The number of alkyl halides is 1. The molecule has 3 heteroatoms. The van der Waals surface area contributed by atoms with Gasteiger partial charge in [0, 0.05) is 5.54 Å². The summed E-state index contributed by atoms with van der Waals surface area (Å²) in [7, 11) is 0. The maximum atomic E-state index is 11.6. The highest BCUT2D eigenvalue weighted by atomic mass is 35.5. The van der Waals surface area contributed by atoms with Crippen LogP contribution in [-0.2, 0) is 0 Å². The van der Waals surface area contributed by atoms with Crippen molar-refractivity contribution < 1.29 is 4.39 Å². The molecule has 1 saturated carbocycles. The minimum atomic E-state index is -0.253. The van der Waals surface area contributed by atoms with Crippen molar-refractivity contribution in [3.63, 3.8) is 0 Å². The van der Waals surface area contributed by atoms with E-state index in [-0.39, 0.29) is 24.6 Å². The molecule has 0 amide bonds. The summed E-state index contributed by atoms with van der Waals surface area (Å²) in [5.74, 6) is 0. The predicted octanol–water partition coefficient (Wildman–Crippen LogP) is 1.65.